The van der Waals surface area contributed by atoms with Crippen molar-refractivity contribution >= 4 is 11.0 Å². The van der Waals surface area contributed by atoms with Gasteiger partial charge < -0.3 is 9.47 Å². The zero-order valence-corrected chi connectivity index (χ0v) is 14.9. The number of fused-ring (bicyclic) bond motifs is 3. The average molecular weight is 342 g/mol. The molecule has 1 aromatic heterocycles. The van der Waals surface area contributed by atoms with E-state index in [1.54, 1.807) is 0 Å². The van der Waals surface area contributed by atoms with Crippen molar-refractivity contribution in [3.63, 3.8) is 0 Å². The van der Waals surface area contributed by atoms with Crippen LogP contribution in [0.1, 0.15) is 24.2 Å². The lowest BCUT2D eigenvalue weighted by molar-refractivity contribution is 0.269. The minimum Gasteiger partial charge on any atom is -0.327 e. The highest BCUT2D eigenvalue weighted by Gasteiger charge is 2.26. The number of benzene rings is 2. The zero-order valence-electron chi connectivity index (χ0n) is 14.9. The van der Waals surface area contributed by atoms with E-state index in [0.717, 1.165) is 48.6 Å². The Bertz CT molecular complexity index is 989. The summed E-state index contributed by atoms with van der Waals surface area (Å²) in [4.78, 5) is 7.56. The van der Waals surface area contributed by atoms with Crippen molar-refractivity contribution in [2.24, 2.45) is 5.92 Å². The maximum Gasteiger partial charge on any atom is 0.111 e. The van der Waals surface area contributed by atoms with Gasteiger partial charge in [-0.05, 0) is 54.2 Å². The molecule has 0 unspecified atom stereocenters. The number of hydrogen-bond acceptors (Lipinski definition) is 3. The van der Waals surface area contributed by atoms with Crippen LogP contribution < -0.4 is 0 Å². The first-order chi connectivity index (χ1) is 12.8. The fraction of sp³-hybridized carbons (Fsp3) is 0.364. The van der Waals surface area contributed by atoms with Crippen LogP contribution in [0.2, 0.25) is 0 Å². The van der Waals surface area contributed by atoms with E-state index in [-0.39, 0.29) is 0 Å². The first kappa shape index (κ1) is 15.6. The predicted octanol–water partition coefficient (Wildman–Crippen LogP) is 3.84. The summed E-state index contributed by atoms with van der Waals surface area (Å²) in [6.45, 7) is 4.56. The number of nitrogens with zero attached hydrogens (tertiary/aromatic N) is 4. The van der Waals surface area contributed by atoms with Gasteiger partial charge in [0.1, 0.15) is 5.82 Å². The Morgan fingerprint density at radius 3 is 2.58 bits per heavy atom. The first-order valence-corrected chi connectivity index (χ1v) is 9.52. The molecule has 2 heterocycles. The second-order valence-electron chi connectivity index (χ2n) is 7.57. The highest BCUT2D eigenvalue weighted by molar-refractivity contribution is 5.82. The molecular formula is C22H22N4. The van der Waals surface area contributed by atoms with Crippen molar-refractivity contribution in [2.75, 3.05) is 19.6 Å². The lowest BCUT2D eigenvalue weighted by Crippen LogP contribution is -2.29. The van der Waals surface area contributed by atoms with Crippen LogP contribution in [0.5, 0.6) is 0 Å². The van der Waals surface area contributed by atoms with Gasteiger partial charge in [0.2, 0.25) is 0 Å². The molecule has 2 aromatic carbocycles. The van der Waals surface area contributed by atoms with E-state index in [2.05, 4.69) is 33.7 Å². The molecule has 26 heavy (non-hydrogen) atoms. The number of nitriles is 1. The molecule has 0 atom stereocenters. The highest BCUT2D eigenvalue weighted by atomic mass is 15.2. The summed E-state index contributed by atoms with van der Waals surface area (Å²) in [5.74, 6) is 2.17. The SMILES string of the molecule is N#Cc1ccc(-c2ccc3c(c2)nc2n3CCN(CC3CC3)CC2)cc1. The molecule has 1 aliphatic carbocycles. The van der Waals surface area contributed by atoms with Gasteiger partial charge in [0.25, 0.3) is 0 Å². The lowest BCUT2D eigenvalue weighted by atomic mass is 10.0. The van der Waals surface area contributed by atoms with E-state index >= 15 is 0 Å². The van der Waals surface area contributed by atoms with E-state index in [9.17, 15) is 0 Å². The third-order valence-electron chi connectivity index (χ3n) is 5.68. The molecular weight excluding hydrogens is 320 g/mol. The minimum absolute atomic E-state index is 0.694. The highest BCUT2D eigenvalue weighted by Crippen LogP contribution is 2.31. The Balaban J connectivity index is 1.43. The Hall–Kier alpha value is -2.64. The summed E-state index contributed by atoms with van der Waals surface area (Å²) in [6.07, 6.45) is 3.87. The van der Waals surface area contributed by atoms with Crippen LogP contribution in [0.25, 0.3) is 22.2 Å². The van der Waals surface area contributed by atoms with Gasteiger partial charge in [-0.25, -0.2) is 4.98 Å². The summed E-state index contributed by atoms with van der Waals surface area (Å²) in [7, 11) is 0. The molecule has 0 saturated heterocycles. The Morgan fingerprint density at radius 1 is 1.00 bits per heavy atom. The largest absolute Gasteiger partial charge is 0.327 e. The van der Waals surface area contributed by atoms with E-state index in [4.69, 9.17) is 10.2 Å². The van der Waals surface area contributed by atoms with E-state index < -0.39 is 0 Å². The molecule has 3 aromatic rings. The topological polar surface area (TPSA) is 44.9 Å². The smallest absolute Gasteiger partial charge is 0.111 e. The molecule has 2 aliphatic rings. The standard InChI is InChI=1S/C22H22N4/c23-14-16-3-5-18(6-4-16)19-7-8-21-20(13-19)24-22-9-10-25(11-12-26(21)22)15-17-1-2-17/h3-8,13,17H,1-2,9-12,15H2. The third kappa shape index (κ3) is 2.89. The van der Waals surface area contributed by atoms with Crippen LogP contribution in [0.4, 0.5) is 0 Å². The van der Waals surface area contributed by atoms with Crippen LogP contribution in [-0.4, -0.2) is 34.1 Å². The quantitative estimate of drug-likeness (QED) is 0.726. The summed E-state index contributed by atoms with van der Waals surface area (Å²) >= 11 is 0. The molecule has 0 N–H and O–H groups in total. The predicted molar refractivity (Wildman–Crippen MR) is 103 cm³/mol. The normalized spacial score (nSPS) is 17.7. The van der Waals surface area contributed by atoms with Gasteiger partial charge in [0, 0.05) is 32.6 Å². The molecule has 0 bridgehead atoms. The molecule has 0 radical (unpaired) electrons. The van der Waals surface area contributed by atoms with Crippen LogP contribution in [0.15, 0.2) is 42.5 Å². The van der Waals surface area contributed by atoms with Gasteiger partial charge in [-0.1, -0.05) is 18.2 Å². The van der Waals surface area contributed by atoms with E-state index in [0.29, 0.717) is 5.56 Å². The zero-order chi connectivity index (χ0) is 17.5. The minimum atomic E-state index is 0.694. The second-order valence-corrected chi connectivity index (χ2v) is 7.57. The van der Waals surface area contributed by atoms with Gasteiger partial charge in [-0.15, -0.1) is 0 Å². The molecule has 1 aliphatic heterocycles. The average Bonchev–Trinajstić information content (AvgIpc) is 3.46. The number of hydrogen-bond donors (Lipinski definition) is 0. The van der Waals surface area contributed by atoms with Gasteiger partial charge in [-0.3, -0.25) is 0 Å². The fourth-order valence-electron chi connectivity index (χ4n) is 4.00. The summed E-state index contributed by atoms with van der Waals surface area (Å²) in [5, 5.41) is 8.96. The van der Waals surface area contributed by atoms with Crippen molar-refractivity contribution in [3.05, 3.63) is 53.9 Å². The number of aromatic nitrogens is 2. The van der Waals surface area contributed by atoms with Crippen molar-refractivity contribution in [1.82, 2.24) is 14.5 Å². The molecule has 0 amide bonds. The molecule has 4 nitrogen and oxygen atoms in total. The summed E-state index contributed by atoms with van der Waals surface area (Å²) in [6, 6.07) is 16.5. The van der Waals surface area contributed by atoms with Crippen LogP contribution in [0.3, 0.4) is 0 Å². The maximum atomic E-state index is 8.96. The molecule has 1 fully saturated rings. The Kier molecular flexibility index (Phi) is 3.76. The van der Waals surface area contributed by atoms with Crippen molar-refractivity contribution in [2.45, 2.75) is 25.8 Å². The van der Waals surface area contributed by atoms with E-state index in [1.165, 1.54) is 30.7 Å². The Labute approximate surface area is 153 Å². The van der Waals surface area contributed by atoms with Crippen molar-refractivity contribution in [1.29, 1.82) is 5.26 Å². The second kappa shape index (κ2) is 6.26. The first-order valence-electron chi connectivity index (χ1n) is 9.52. The van der Waals surface area contributed by atoms with Crippen LogP contribution in [0, 0.1) is 17.2 Å². The number of imidazole rings is 1. The lowest BCUT2D eigenvalue weighted by Gasteiger charge is -2.18. The van der Waals surface area contributed by atoms with Crippen molar-refractivity contribution < 1.29 is 0 Å². The monoisotopic (exact) mass is 342 g/mol. The van der Waals surface area contributed by atoms with Gasteiger partial charge >= 0.3 is 0 Å². The molecule has 1 saturated carbocycles. The molecule has 5 rings (SSSR count). The molecule has 130 valence electrons. The summed E-state index contributed by atoms with van der Waals surface area (Å²) < 4.78 is 2.41. The molecule has 4 heteroatoms. The molecule has 0 spiro atoms. The third-order valence-corrected chi connectivity index (χ3v) is 5.68. The van der Waals surface area contributed by atoms with Crippen LogP contribution in [-0.2, 0) is 13.0 Å². The fourth-order valence-corrected chi connectivity index (χ4v) is 4.00. The van der Waals surface area contributed by atoms with Gasteiger partial charge in [-0.2, -0.15) is 5.26 Å². The van der Waals surface area contributed by atoms with Gasteiger partial charge in [0.15, 0.2) is 0 Å². The number of rotatable bonds is 3. The van der Waals surface area contributed by atoms with E-state index in [1.807, 2.05) is 24.3 Å². The van der Waals surface area contributed by atoms with Crippen molar-refractivity contribution in [3.8, 4) is 17.2 Å². The van der Waals surface area contributed by atoms with Gasteiger partial charge in [0.05, 0.1) is 22.7 Å². The maximum absolute atomic E-state index is 8.96. The Morgan fingerprint density at radius 2 is 1.81 bits per heavy atom. The van der Waals surface area contributed by atoms with Crippen LogP contribution >= 0.6 is 0 Å². The summed E-state index contributed by atoms with van der Waals surface area (Å²) in [5.41, 5.74) is 5.30.